The summed E-state index contributed by atoms with van der Waals surface area (Å²) in [6.07, 6.45) is 0.420. The van der Waals surface area contributed by atoms with Crippen LogP contribution in [0.15, 0.2) is 48.5 Å². The molecule has 2 aromatic carbocycles. The summed E-state index contributed by atoms with van der Waals surface area (Å²) in [5, 5.41) is 8.74. The van der Waals surface area contributed by atoms with Crippen molar-refractivity contribution in [2.45, 2.75) is 13.3 Å². The first-order chi connectivity index (χ1) is 10.6. The topological polar surface area (TPSA) is 70.2 Å². The maximum Gasteiger partial charge on any atom is 0.323 e. The molecule has 0 aliphatic rings. The molecule has 114 valence electrons. The van der Waals surface area contributed by atoms with E-state index in [0.717, 1.165) is 0 Å². The van der Waals surface area contributed by atoms with E-state index in [9.17, 15) is 9.59 Å². The Morgan fingerprint density at radius 1 is 0.818 bits per heavy atom. The highest BCUT2D eigenvalue weighted by molar-refractivity contribution is 6.30. The van der Waals surface area contributed by atoms with E-state index in [4.69, 9.17) is 11.6 Å². The van der Waals surface area contributed by atoms with Gasteiger partial charge in [-0.15, -0.1) is 0 Å². The molecule has 0 aromatic heterocycles. The van der Waals surface area contributed by atoms with Crippen LogP contribution in [0.2, 0.25) is 5.02 Å². The van der Waals surface area contributed by atoms with Gasteiger partial charge in [0.05, 0.1) is 0 Å². The molecule has 2 rings (SSSR count). The molecule has 0 unspecified atom stereocenters. The number of hydrogen-bond acceptors (Lipinski definition) is 2. The van der Waals surface area contributed by atoms with Crippen LogP contribution in [-0.4, -0.2) is 11.9 Å². The van der Waals surface area contributed by atoms with E-state index in [1.54, 1.807) is 55.5 Å². The van der Waals surface area contributed by atoms with E-state index in [2.05, 4.69) is 16.0 Å². The second-order valence-corrected chi connectivity index (χ2v) is 5.00. The van der Waals surface area contributed by atoms with Gasteiger partial charge in [-0.3, -0.25) is 4.79 Å². The predicted molar refractivity (Wildman–Crippen MR) is 89.5 cm³/mol. The van der Waals surface area contributed by atoms with Crippen LogP contribution in [0.4, 0.5) is 21.9 Å². The van der Waals surface area contributed by atoms with Crippen molar-refractivity contribution in [2.75, 3.05) is 16.0 Å². The molecule has 2 aromatic rings. The first kappa shape index (κ1) is 15.9. The number of amides is 3. The molecule has 0 saturated carbocycles. The highest BCUT2D eigenvalue weighted by Crippen LogP contribution is 2.16. The third-order valence-corrected chi connectivity index (χ3v) is 3.10. The monoisotopic (exact) mass is 317 g/mol. The quantitative estimate of drug-likeness (QED) is 0.785. The maximum atomic E-state index is 11.9. The molecule has 0 aliphatic carbocycles. The number of halogens is 1. The van der Waals surface area contributed by atoms with Gasteiger partial charge >= 0.3 is 6.03 Å². The molecule has 0 atom stereocenters. The normalized spacial score (nSPS) is 9.91. The number of hydrogen-bond donors (Lipinski definition) is 3. The van der Waals surface area contributed by atoms with Gasteiger partial charge in [0.2, 0.25) is 5.91 Å². The summed E-state index contributed by atoms with van der Waals surface area (Å²) in [5.74, 6) is -0.0545. The second-order valence-electron chi connectivity index (χ2n) is 4.57. The zero-order chi connectivity index (χ0) is 15.9. The Kier molecular flexibility index (Phi) is 5.38. The van der Waals surface area contributed by atoms with Crippen LogP contribution in [0.25, 0.3) is 0 Å². The molecule has 0 radical (unpaired) electrons. The molecular weight excluding hydrogens is 302 g/mol. The third-order valence-electron chi connectivity index (χ3n) is 2.85. The van der Waals surface area contributed by atoms with Crippen molar-refractivity contribution in [2.24, 2.45) is 0 Å². The van der Waals surface area contributed by atoms with E-state index in [-0.39, 0.29) is 11.9 Å². The number of benzene rings is 2. The molecule has 0 bridgehead atoms. The maximum absolute atomic E-state index is 11.9. The van der Waals surface area contributed by atoms with Crippen LogP contribution in [0.1, 0.15) is 13.3 Å². The Morgan fingerprint density at radius 3 is 1.68 bits per heavy atom. The number of carbonyl (C=O) groups excluding carboxylic acids is 2. The van der Waals surface area contributed by atoms with E-state index in [0.29, 0.717) is 28.5 Å². The van der Waals surface area contributed by atoms with Crippen LogP contribution >= 0.6 is 11.6 Å². The minimum atomic E-state index is -0.354. The van der Waals surface area contributed by atoms with Crippen molar-refractivity contribution < 1.29 is 9.59 Å². The Hall–Kier alpha value is -2.53. The summed E-state index contributed by atoms with van der Waals surface area (Å²) in [6.45, 7) is 1.78. The van der Waals surface area contributed by atoms with Crippen molar-refractivity contribution >= 4 is 40.6 Å². The summed E-state index contributed by atoms with van der Waals surface area (Å²) in [6, 6.07) is 13.4. The summed E-state index contributed by atoms with van der Waals surface area (Å²) >= 11 is 5.78. The zero-order valence-electron chi connectivity index (χ0n) is 12.0. The molecule has 0 aliphatic heterocycles. The number of nitrogens with one attached hydrogen (secondary N) is 3. The van der Waals surface area contributed by atoms with Gasteiger partial charge in [-0.2, -0.15) is 0 Å². The van der Waals surface area contributed by atoms with Crippen LogP contribution in [0, 0.1) is 0 Å². The molecule has 0 heterocycles. The van der Waals surface area contributed by atoms with Gasteiger partial charge in [0.1, 0.15) is 0 Å². The Balaban J connectivity index is 1.91. The van der Waals surface area contributed by atoms with Gasteiger partial charge < -0.3 is 16.0 Å². The summed E-state index contributed by atoms with van der Waals surface area (Å²) in [7, 11) is 0. The van der Waals surface area contributed by atoms with Gasteiger partial charge in [0.15, 0.2) is 0 Å². The summed E-state index contributed by atoms with van der Waals surface area (Å²) < 4.78 is 0. The lowest BCUT2D eigenvalue weighted by molar-refractivity contribution is -0.115. The molecule has 22 heavy (non-hydrogen) atoms. The standard InChI is InChI=1S/C16H16ClN3O2/c1-2-15(21)18-12-7-9-14(10-8-12)20-16(22)19-13-5-3-11(17)4-6-13/h3-10H,2H2,1H3,(H,18,21)(H2,19,20,22). The highest BCUT2D eigenvalue weighted by Gasteiger charge is 2.03. The Labute approximate surface area is 133 Å². The van der Waals surface area contributed by atoms with Crippen LogP contribution in [-0.2, 0) is 4.79 Å². The van der Waals surface area contributed by atoms with E-state index in [1.807, 2.05) is 0 Å². The van der Waals surface area contributed by atoms with Gasteiger partial charge in [-0.25, -0.2) is 4.79 Å². The minimum absolute atomic E-state index is 0.0545. The highest BCUT2D eigenvalue weighted by atomic mass is 35.5. The van der Waals surface area contributed by atoms with E-state index in [1.165, 1.54) is 0 Å². The molecule has 0 spiro atoms. The fraction of sp³-hybridized carbons (Fsp3) is 0.125. The van der Waals surface area contributed by atoms with Gasteiger partial charge in [0, 0.05) is 28.5 Å². The van der Waals surface area contributed by atoms with Crippen molar-refractivity contribution in [3.05, 3.63) is 53.6 Å². The average Bonchev–Trinajstić information content (AvgIpc) is 2.51. The molecular formula is C16H16ClN3O2. The van der Waals surface area contributed by atoms with Crippen molar-refractivity contribution in [1.29, 1.82) is 0 Å². The zero-order valence-corrected chi connectivity index (χ0v) is 12.8. The molecule has 0 fully saturated rings. The van der Waals surface area contributed by atoms with E-state index < -0.39 is 0 Å². The third kappa shape index (κ3) is 4.79. The van der Waals surface area contributed by atoms with Crippen molar-refractivity contribution in [3.8, 4) is 0 Å². The van der Waals surface area contributed by atoms with E-state index >= 15 is 0 Å². The predicted octanol–water partition coefficient (Wildman–Crippen LogP) is 4.33. The molecule has 3 N–H and O–H groups in total. The lowest BCUT2D eigenvalue weighted by Gasteiger charge is -2.09. The second kappa shape index (κ2) is 7.47. The summed E-state index contributed by atoms with van der Waals surface area (Å²) in [4.78, 5) is 23.1. The number of urea groups is 1. The fourth-order valence-corrected chi connectivity index (χ4v) is 1.84. The SMILES string of the molecule is CCC(=O)Nc1ccc(NC(=O)Nc2ccc(Cl)cc2)cc1. The van der Waals surface area contributed by atoms with Crippen molar-refractivity contribution in [3.63, 3.8) is 0 Å². The Morgan fingerprint density at radius 2 is 1.23 bits per heavy atom. The minimum Gasteiger partial charge on any atom is -0.326 e. The van der Waals surface area contributed by atoms with Crippen LogP contribution < -0.4 is 16.0 Å². The van der Waals surface area contributed by atoms with Crippen molar-refractivity contribution in [1.82, 2.24) is 0 Å². The fourth-order valence-electron chi connectivity index (χ4n) is 1.71. The average molecular weight is 318 g/mol. The largest absolute Gasteiger partial charge is 0.326 e. The number of carbonyl (C=O) groups is 2. The van der Waals surface area contributed by atoms with Crippen LogP contribution in [0.3, 0.4) is 0 Å². The number of anilines is 3. The lowest BCUT2D eigenvalue weighted by atomic mass is 10.2. The molecule has 6 heteroatoms. The molecule has 0 saturated heterocycles. The first-order valence-electron chi connectivity index (χ1n) is 6.80. The smallest absolute Gasteiger partial charge is 0.323 e. The first-order valence-corrected chi connectivity index (χ1v) is 7.18. The van der Waals surface area contributed by atoms with Crippen LogP contribution in [0.5, 0.6) is 0 Å². The van der Waals surface area contributed by atoms with Gasteiger partial charge in [0.25, 0.3) is 0 Å². The summed E-state index contributed by atoms with van der Waals surface area (Å²) in [5.41, 5.74) is 1.96. The molecule has 3 amide bonds. The Bertz CT molecular complexity index is 654. The lowest BCUT2D eigenvalue weighted by Crippen LogP contribution is -2.19. The molecule has 5 nitrogen and oxygen atoms in total. The number of rotatable bonds is 4. The van der Waals surface area contributed by atoms with Gasteiger partial charge in [-0.1, -0.05) is 18.5 Å². The van der Waals surface area contributed by atoms with Gasteiger partial charge in [-0.05, 0) is 48.5 Å².